The van der Waals surface area contributed by atoms with Gasteiger partial charge in [-0.05, 0) is 32.6 Å². The van der Waals surface area contributed by atoms with Gasteiger partial charge in [0.25, 0.3) is 10.2 Å². The van der Waals surface area contributed by atoms with Crippen molar-refractivity contribution in [2.24, 2.45) is 5.73 Å². The third-order valence-electron chi connectivity index (χ3n) is 4.15. The van der Waals surface area contributed by atoms with Gasteiger partial charge in [0.2, 0.25) is 0 Å². The van der Waals surface area contributed by atoms with Crippen molar-refractivity contribution < 1.29 is 8.42 Å². The van der Waals surface area contributed by atoms with E-state index < -0.39 is 15.7 Å². The quantitative estimate of drug-likeness (QED) is 0.774. The molecule has 1 aliphatic heterocycles. The summed E-state index contributed by atoms with van der Waals surface area (Å²) in [6, 6.07) is 0. The zero-order valence-electron chi connectivity index (χ0n) is 12.6. The molecule has 1 unspecified atom stereocenters. The highest BCUT2D eigenvalue weighted by Crippen LogP contribution is 2.26. The molecule has 5 nitrogen and oxygen atoms in total. The molecule has 0 radical (unpaired) electrons. The second kappa shape index (κ2) is 7.02. The van der Waals surface area contributed by atoms with Crippen molar-refractivity contribution in [3.63, 3.8) is 0 Å². The van der Waals surface area contributed by atoms with Gasteiger partial charge < -0.3 is 5.73 Å². The van der Waals surface area contributed by atoms with Crippen LogP contribution in [0, 0.1) is 0 Å². The first kappa shape index (κ1) is 16.9. The third-order valence-corrected chi connectivity index (χ3v) is 6.35. The summed E-state index contributed by atoms with van der Waals surface area (Å²) in [5.41, 5.74) is 5.37. The maximum Gasteiger partial charge on any atom is 0.282 e. The minimum atomic E-state index is -3.38. The summed E-state index contributed by atoms with van der Waals surface area (Å²) in [5, 5.41) is 0. The van der Waals surface area contributed by atoms with Gasteiger partial charge in [-0.15, -0.1) is 0 Å². The zero-order valence-corrected chi connectivity index (χ0v) is 13.4. The molecule has 0 spiro atoms. The Hall–Kier alpha value is -0.170. The molecule has 0 amide bonds. The van der Waals surface area contributed by atoms with Gasteiger partial charge in [-0.3, -0.25) is 0 Å². The standard InChI is InChI=1S/C13H29N3O2S/c1-4-9-16(13(3,5-2)12-14)19(17,18)15-10-7-6-8-11-15/h4-12,14H2,1-3H3. The SMILES string of the molecule is CCCN(C(C)(CC)CN)S(=O)(=O)N1CCCCC1. The molecule has 19 heavy (non-hydrogen) atoms. The van der Waals surface area contributed by atoms with Gasteiger partial charge in [0.15, 0.2) is 0 Å². The molecular formula is C13H29N3O2S. The van der Waals surface area contributed by atoms with Crippen LogP contribution in [0.4, 0.5) is 0 Å². The number of nitrogens with zero attached hydrogens (tertiary/aromatic N) is 2. The number of hydrogen-bond acceptors (Lipinski definition) is 3. The van der Waals surface area contributed by atoms with Crippen LogP contribution in [0.15, 0.2) is 0 Å². The van der Waals surface area contributed by atoms with E-state index in [0.29, 0.717) is 26.2 Å². The van der Waals surface area contributed by atoms with Crippen LogP contribution in [-0.2, 0) is 10.2 Å². The molecule has 1 saturated heterocycles. The number of hydrogen-bond donors (Lipinski definition) is 1. The van der Waals surface area contributed by atoms with E-state index in [1.165, 1.54) is 0 Å². The molecule has 114 valence electrons. The van der Waals surface area contributed by atoms with Gasteiger partial charge in [-0.1, -0.05) is 20.3 Å². The Morgan fingerprint density at radius 3 is 2.21 bits per heavy atom. The van der Waals surface area contributed by atoms with Crippen LogP contribution in [0.3, 0.4) is 0 Å². The lowest BCUT2D eigenvalue weighted by Crippen LogP contribution is -2.58. The summed E-state index contributed by atoms with van der Waals surface area (Å²) in [5.74, 6) is 0. The number of nitrogens with two attached hydrogens (primary N) is 1. The number of rotatable bonds is 7. The summed E-state index contributed by atoms with van der Waals surface area (Å²) in [4.78, 5) is 0. The largest absolute Gasteiger partial charge is 0.329 e. The molecule has 0 bridgehead atoms. The van der Waals surface area contributed by atoms with Crippen LogP contribution < -0.4 is 5.73 Å². The van der Waals surface area contributed by atoms with Crippen molar-refractivity contribution >= 4 is 10.2 Å². The summed E-state index contributed by atoms with van der Waals surface area (Å²) < 4.78 is 28.9. The average molecular weight is 291 g/mol. The van der Waals surface area contributed by atoms with Gasteiger partial charge in [-0.25, -0.2) is 0 Å². The van der Waals surface area contributed by atoms with E-state index in [9.17, 15) is 8.42 Å². The average Bonchev–Trinajstić information content (AvgIpc) is 2.44. The van der Waals surface area contributed by atoms with E-state index in [1.807, 2.05) is 20.8 Å². The van der Waals surface area contributed by atoms with Crippen molar-refractivity contribution in [2.45, 2.75) is 58.4 Å². The minimum Gasteiger partial charge on any atom is -0.329 e. The van der Waals surface area contributed by atoms with Crippen LogP contribution in [0.1, 0.15) is 52.9 Å². The van der Waals surface area contributed by atoms with Crippen molar-refractivity contribution in [2.75, 3.05) is 26.2 Å². The maximum atomic E-state index is 12.8. The summed E-state index contributed by atoms with van der Waals surface area (Å²) >= 11 is 0. The smallest absolute Gasteiger partial charge is 0.282 e. The predicted octanol–water partition coefficient (Wildman–Crippen LogP) is 1.56. The Labute approximate surface area is 118 Å². The highest BCUT2D eigenvalue weighted by Gasteiger charge is 2.40. The highest BCUT2D eigenvalue weighted by atomic mass is 32.2. The van der Waals surface area contributed by atoms with Gasteiger partial charge in [0.1, 0.15) is 0 Å². The molecule has 0 aromatic carbocycles. The van der Waals surface area contributed by atoms with Gasteiger partial charge in [0, 0.05) is 31.7 Å². The fourth-order valence-electron chi connectivity index (χ4n) is 2.52. The van der Waals surface area contributed by atoms with Gasteiger partial charge >= 0.3 is 0 Å². The van der Waals surface area contributed by atoms with Crippen molar-refractivity contribution in [3.05, 3.63) is 0 Å². The summed E-state index contributed by atoms with van der Waals surface area (Å²) in [7, 11) is -3.38. The second-order valence-electron chi connectivity index (χ2n) is 5.59. The van der Waals surface area contributed by atoms with E-state index in [4.69, 9.17) is 5.73 Å². The summed E-state index contributed by atoms with van der Waals surface area (Å²) in [6.45, 7) is 8.15. The molecule has 1 fully saturated rings. The monoisotopic (exact) mass is 291 g/mol. The molecule has 1 aliphatic rings. The van der Waals surface area contributed by atoms with E-state index in [-0.39, 0.29) is 0 Å². The Morgan fingerprint density at radius 1 is 1.21 bits per heavy atom. The fourth-order valence-corrected chi connectivity index (χ4v) is 4.70. The molecule has 0 aromatic heterocycles. The molecule has 0 aromatic rings. The fraction of sp³-hybridized carbons (Fsp3) is 1.00. The van der Waals surface area contributed by atoms with Crippen LogP contribution in [-0.4, -0.2) is 48.7 Å². The van der Waals surface area contributed by atoms with E-state index in [0.717, 1.165) is 32.1 Å². The Balaban J connectivity index is 3.02. The van der Waals surface area contributed by atoms with E-state index in [1.54, 1.807) is 8.61 Å². The second-order valence-corrected chi connectivity index (χ2v) is 7.45. The maximum absolute atomic E-state index is 12.8. The van der Waals surface area contributed by atoms with Crippen LogP contribution in [0.25, 0.3) is 0 Å². The molecule has 2 N–H and O–H groups in total. The van der Waals surface area contributed by atoms with Crippen LogP contribution in [0.2, 0.25) is 0 Å². The first-order chi connectivity index (χ1) is 8.92. The molecule has 1 rings (SSSR count). The third kappa shape index (κ3) is 3.68. The van der Waals surface area contributed by atoms with Crippen LogP contribution >= 0.6 is 0 Å². The topological polar surface area (TPSA) is 66.6 Å². The Bertz CT molecular complexity index is 360. The highest BCUT2D eigenvalue weighted by molar-refractivity contribution is 7.86. The van der Waals surface area contributed by atoms with Crippen molar-refractivity contribution in [3.8, 4) is 0 Å². The Kier molecular flexibility index (Phi) is 6.23. The molecule has 0 saturated carbocycles. The van der Waals surface area contributed by atoms with Gasteiger partial charge in [-0.2, -0.15) is 17.0 Å². The molecule has 1 atom stereocenters. The van der Waals surface area contributed by atoms with Crippen LogP contribution in [0.5, 0.6) is 0 Å². The zero-order chi connectivity index (χ0) is 14.5. The van der Waals surface area contributed by atoms with E-state index >= 15 is 0 Å². The lowest BCUT2D eigenvalue weighted by Gasteiger charge is -2.42. The lowest BCUT2D eigenvalue weighted by atomic mass is 9.99. The Morgan fingerprint density at radius 2 is 1.79 bits per heavy atom. The van der Waals surface area contributed by atoms with Gasteiger partial charge in [0.05, 0.1) is 0 Å². The first-order valence-corrected chi connectivity index (χ1v) is 8.80. The van der Waals surface area contributed by atoms with Crippen molar-refractivity contribution in [1.82, 2.24) is 8.61 Å². The normalized spacial score (nSPS) is 21.5. The van der Waals surface area contributed by atoms with Crippen molar-refractivity contribution in [1.29, 1.82) is 0 Å². The van der Waals surface area contributed by atoms with E-state index in [2.05, 4.69) is 0 Å². The first-order valence-electron chi connectivity index (χ1n) is 7.40. The molecule has 0 aliphatic carbocycles. The lowest BCUT2D eigenvalue weighted by molar-refractivity contribution is 0.185. The molecular weight excluding hydrogens is 262 g/mol. The minimum absolute atomic E-state index is 0.358. The predicted molar refractivity (Wildman–Crippen MR) is 79.1 cm³/mol. The molecule has 6 heteroatoms. The summed E-state index contributed by atoms with van der Waals surface area (Å²) in [6.07, 6.45) is 4.59. The number of piperidine rings is 1. The molecule has 1 heterocycles.